The third kappa shape index (κ3) is 2.62. The van der Waals surface area contributed by atoms with Crippen LogP contribution in [0.4, 0.5) is 0 Å². The first-order valence-corrected chi connectivity index (χ1v) is 5.25. The number of Topliss-reactive ketones (excluding diaryl/α,β-unsaturated/α-hetero) is 1. The van der Waals surface area contributed by atoms with E-state index >= 15 is 0 Å². The topological polar surface area (TPSA) is 59.8 Å². The lowest BCUT2D eigenvalue weighted by Gasteiger charge is -2.01. The molecule has 0 unspecified atom stereocenters. The molecule has 1 aromatic heterocycles. The van der Waals surface area contributed by atoms with Crippen molar-refractivity contribution < 1.29 is 4.79 Å². The second-order valence-electron chi connectivity index (χ2n) is 2.88. The highest BCUT2D eigenvalue weighted by atomic mass is 79.9. The second kappa shape index (κ2) is 5.21. The number of nitrogens with one attached hydrogen (secondary N) is 1. The van der Waals surface area contributed by atoms with Crippen LogP contribution in [-0.2, 0) is 7.05 Å². The molecule has 0 aliphatic heterocycles. The number of nitrogens with zero attached hydrogens (tertiary/aromatic N) is 3. The summed E-state index contributed by atoms with van der Waals surface area (Å²) in [5.41, 5.74) is 0.530. The van der Waals surface area contributed by atoms with Crippen LogP contribution in [0.15, 0.2) is 4.60 Å². The third-order valence-electron chi connectivity index (χ3n) is 1.83. The number of rotatable bonds is 5. The van der Waals surface area contributed by atoms with E-state index in [1.165, 1.54) is 4.68 Å². The maximum absolute atomic E-state index is 11.7. The zero-order valence-corrected chi connectivity index (χ0v) is 9.84. The molecule has 0 amide bonds. The van der Waals surface area contributed by atoms with Crippen LogP contribution in [0.3, 0.4) is 0 Å². The van der Waals surface area contributed by atoms with Gasteiger partial charge >= 0.3 is 0 Å². The van der Waals surface area contributed by atoms with Crippen LogP contribution in [-0.4, -0.2) is 33.9 Å². The van der Waals surface area contributed by atoms with Crippen molar-refractivity contribution in [3.05, 3.63) is 10.3 Å². The summed E-state index contributed by atoms with van der Waals surface area (Å²) in [5.74, 6) is 0.0466. The molecule has 0 aliphatic carbocycles. The Labute approximate surface area is 91.0 Å². The molecule has 0 spiro atoms. The van der Waals surface area contributed by atoms with Crippen molar-refractivity contribution >= 4 is 21.7 Å². The number of ketones is 1. The normalized spacial score (nSPS) is 10.5. The van der Waals surface area contributed by atoms with Crippen LogP contribution in [0.2, 0.25) is 0 Å². The number of carbonyl (C=O) groups excluding carboxylic acids is 1. The molecule has 0 bridgehead atoms. The van der Waals surface area contributed by atoms with E-state index in [1.54, 1.807) is 7.05 Å². The number of halogens is 1. The summed E-state index contributed by atoms with van der Waals surface area (Å²) in [7, 11) is 1.71. The largest absolute Gasteiger partial charge is 0.317 e. The molecule has 1 rings (SSSR count). The molecule has 14 heavy (non-hydrogen) atoms. The lowest BCUT2D eigenvalue weighted by atomic mass is 10.2. The Morgan fingerprint density at radius 3 is 2.86 bits per heavy atom. The number of aromatic nitrogens is 3. The van der Waals surface area contributed by atoms with Crippen molar-refractivity contribution in [2.45, 2.75) is 13.3 Å². The molecule has 6 heteroatoms. The Bertz CT molecular complexity index is 304. The van der Waals surface area contributed by atoms with E-state index in [0.717, 1.165) is 6.54 Å². The fraction of sp³-hybridized carbons (Fsp3) is 0.625. The SMILES string of the molecule is CCNCCC(=O)c1c(Br)nnn1C. The number of hydrogen-bond acceptors (Lipinski definition) is 4. The smallest absolute Gasteiger partial charge is 0.184 e. The van der Waals surface area contributed by atoms with Gasteiger partial charge in [0.1, 0.15) is 5.69 Å². The Kier molecular flexibility index (Phi) is 4.21. The van der Waals surface area contributed by atoms with E-state index in [1.807, 2.05) is 6.92 Å². The van der Waals surface area contributed by atoms with Crippen molar-refractivity contribution in [3.63, 3.8) is 0 Å². The van der Waals surface area contributed by atoms with E-state index in [-0.39, 0.29) is 5.78 Å². The highest BCUT2D eigenvalue weighted by Gasteiger charge is 2.15. The zero-order valence-electron chi connectivity index (χ0n) is 8.25. The molecule has 1 aromatic rings. The lowest BCUT2D eigenvalue weighted by Crippen LogP contribution is -2.19. The fourth-order valence-electron chi connectivity index (χ4n) is 1.12. The quantitative estimate of drug-likeness (QED) is 0.628. The van der Waals surface area contributed by atoms with Crippen molar-refractivity contribution in [2.24, 2.45) is 7.05 Å². The summed E-state index contributed by atoms with van der Waals surface area (Å²) in [6.07, 6.45) is 0.466. The third-order valence-corrected chi connectivity index (χ3v) is 2.36. The van der Waals surface area contributed by atoms with Gasteiger partial charge < -0.3 is 5.32 Å². The number of carbonyl (C=O) groups is 1. The van der Waals surface area contributed by atoms with Crippen LogP contribution in [0.1, 0.15) is 23.8 Å². The van der Waals surface area contributed by atoms with Crippen molar-refractivity contribution in [2.75, 3.05) is 13.1 Å². The molecule has 1 heterocycles. The Balaban J connectivity index is 2.60. The maximum Gasteiger partial charge on any atom is 0.184 e. The van der Waals surface area contributed by atoms with Gasteiger partial charge in [0.15, 0.2) is 10.4 Å². The van der Waals surface area contributed by atoms with E-state index in [2.05, 4.69) is 31.6 Å². The predicted octanol–water partition coefficient (Wildman–Crippen LogP) is 0.760. The summed E-state index contributed by atoms with van der Waals surface area (Å²) in [5, 5.41) is 10.6. The molecule has 0 aromatic carbocycles. The Hall–Kier alpha value is -0.750. The zero-order chi connectivity index (χ0) is 10.6. The summed E-state index contributed by atoms with van der Waals surface area (Å²) in [6.45, 7) is 3.57. The first kappa shape index (κ1) is 11.3. The summed E-state index contributed by atoms with van der Waals surface area (Å²) in [6, 6.07) is 0. The monoisotopic (exact) mass is 260 g/mol. The van der Waals surface area contributed by atoms with Gasteiger partial charge in [-0.15, -0.1) is 5.10 Å². The summed E-state index contributed by atoms with van der Waals surface area (Å²) in [4.78, 5) is 11.7. The van der Waals surface area contributed by atoms with Crippen LogP contribution in [0, 0.1) is 0 Å². The molecular formula is C8H13BrN4O. The first-order chi connectivity index (χ1) is 6.66. The molecule has 0 aliphatic rings. The molecule has 5 nitrogen and oxygen atoms in total. The van der Waals surface area contributed by atoms with Crippen LogP contribution in [0.25, 0.3) is 0 Å². The Morgan fingerprint density at radius 2 is 2.36 bits per heavy atom. The van der Waals surface area contributed by atoms with Crippen LogP contribution >= 0.6 is 15.9 Å². The molecule has 0 radical (unpaired) electrons. The summed E-state index contributed by atoms with van der Waals surface area (Å²) < 4.78 is 2.00. The van der Waals surface area contributed by atoms with Gasteiger partial charge in [0.05, 0.1) is 0 Å². The van der Waals surface area contributed by atoms with Crippen LogP contribution < -0.4 is 5.32 Å². The van der Waals surface area contributed by atoms with Crippen LogP contribution in [0.5, 0.6) is 0 Å². The van der Waals surface area contributed by atoms with Gasteiger partial charge in [0, 0.05) is 20.0 Å². The van der Waals surface area contributed by atoms with E-state index in [0.29, 0.717) is 23.3 Å². The van der Waals surface area contributed by atoms with Gasteiger partial charge in [-0.1, -0.05) is 12.1 Å². The molecule has 1 N–H and O–H groups in total. The summed E-state index contributed by atoms with van der Waals surface area (Å²) >= 11 is 3.19. The lowest BCUT2D eigenvalue weighted by molar-refractivity contribution is 0.0973. The van der Waals surface area contributed by atoms with E-state index < -0.39 is 0 Å². The minimum absolute atomic E-state index is 0.0466. The van der Waals surface area contributed by atoms with Crippen molar-refractivity contribution in [1.82, 2.24) is 20.3 Å². The fourth-order valence-corrected chi connectivity index (χ4v) is 1.67. The van der Waals surface area contributed by atoms with Gasteiger partial charge in [-0.2, -0.15) is 0 Å². The minimum atomic E-state index is 0.0466. The molecule has 0 saturated carbocycles. The van der Waals surface area contributed by atoms with Gasteiger partial charge in [-0.3, -0.25) is 4.79 Å². The van der Waals surface area contributed by atoms with Gasteiger partial charge in [0.2, 0.25) is 0 Å². The van der Waals surface area contributed by atoms with Crippen molar-refractivity contribution in [1.29, 1.82) is 0 Å². The Morgan fingerprint density at radius 1 is 1.64 bits per heavy atom. The maximum atomic E-state index is 11.7. The van der Waals surface area contributed by atoms with E-state index in [9.17, 15) is 4.79 Å². The number of hydrogen-bond donors (Lipinski definition) is 1. The highest BCUT2D eigenvalue weighted by Crippen LogP contribution is 2.13. The van der Waals surface area contributed by atoms with Gasteiger partial charge in [-0.25, -0.2) is 4.68 Å². The first-order valence-electron chi connectivity index (χ1n) is 4.46. The van der Waals surface area contributed by atoms with Crippen molar-refractivity contribution in [3.8, 4) is 0 Å². The minimum Gasteiger partial charge on any atom is -0.317 e. The molecule has 0 saturated heterocycles. The van der Waals surface area contributed by atoms with E-state index in [4.69, 9.17) is 0 Å². The number of aryl methyl sites for hydroxylation is 1. The van der Waals surface area contributed by atoms with Gasteiger partial charge in [-0.05, 0) is 22.5 Å². The van der Waals surface area contributed by atoms with Gasteiger partial charge in [0.25, 0.3) is 0 Å². The molecule has 0 fully saturated rings. The molecular weight excluding hydrogens is 248 g/mol. The average molecular weight is 261 g/mol. The highest BCUT2D eigenvalue weighted by molar-refractivity contribution is 9.10. The standard InChI is InChI=1S/C8H13BrN4O/c1-3-10-5-4-6(14)7-8(9)11-12-13(7)2/h10H,3-5H2,1-2H3. The molecule has 78 valence electrons. The average Bonchev–Trinajstić information content (AvgIpc) is 2.46. The second-order valence-corrected chi connectivity index (χ2v) is 3.63. The molecule has 0 atom stereocenters. The predicted molar refractivity (Wildman–Crippen MR) is 56.2 cm³/mol.